The SMILES string of the molecule is Cn1ccnc1NC(=O)C(F)(F)F. The van der Waals surface area contributed by atoms with E-state index in [4.69, 9.17) is 0 Å². The average Bonchev–Trinajstić information content (AvgIpc) is 2.34. The Kier molecular flexibility index (Phi) is 2.26. The van der Waals surface area contributed by atoms with Gasteiger partial charge in [0.05, 0.1) is 0 Å². The van der Waals surface area contributed by atoms with E-state index in [1.54, 1.807) is 5.32 Å². The Hall–Kier alpha value is -1.53. The zero-order chi connectivity index (χ0) is 10.1. The van der Waals surface area contributed by atoms with Gasteiger partial charge in [-0.05, 0) is 0 Å². The summed E-state index contributed by atoms with van der Waals surface area (Å²) in [5, 5.41) is 1.62. The fourth-order valence-corrected chi connectivity index (χ4v) is 0.658. The maximum absolute atomic E-state index is 11.7. The molecule has 0 atom stereocenters. The van der Waals surface area contributed by atoms with Gasteiger partial charge in [0, 0.05) is 19.4 Å². The van der Waals surface area contributed by atoms with Gasteiger partial charge in [-0.1, -0.05) is 0 Å². The van der Waals surface area contributed by atoms with Crippen LogP contribution in [0.2, 0.25) is 0 Å². The summed E-state index contributed by atoms with van der Waals surface area (Å²) in [6, 6.07) is 0. The molecule has 0 spiro atoms. The number of hydrogen-bond acceptors (Lipinski definition) is 2. The van der Waals surface area contributed by atoms with Gasteiger partial charge in [0.1, 0.15) is 0 Å². The Morgan fingerprint density at radius 1 is 1.62 bits per heavy atom. The van der Waals surface area contributed by atoms with Gasteiger partial charge >= 0.3 is 12.1 Å². The fraction of sp³-hybridized carbons (Fsp3) is 0.333. The van der Waals surface area contributed by atoms with Crippen LogP contribution in [0.1, 0.15) is 0 Å². The maximum Gasteiger partial charge on any atom is 0.471 e. The smallest absolute Gasteiger partial charge is 0.320 e. The van der Waals surface area contributed by atoms with Crippen LogP contribution in [0.25, 0.3) is 0 Å². The molecule has 0 aromatic carbocycles. The topological polar surface area (TPSA) is 46.9 Å². The van der Waals surface area contributed by atoms with Crippen molar-refractivity contribution >= 4 is 11.9 Å². The number of aryl methyl sites for hydroxylation is 1. The van der Waals surface area contributed by atoms with Gasteiger partial charge in [0.2, 0.25) is 5.95 Å². The molecule has 0 aliphatic heterocycles. The number of nitrogens with one attached hydrogen (secondary N) is 1. The highest BCUT2D eigenvalue weighted by atomic mass is 19.4. The highest BCUT2D eigenvalue weighted by molar-refractivity contribution is 5.93. The number of aromatic nitrogens is 2. The second-order valence-corrected chi connectivity index (χ2v) is 2.31. The minimum atomic E-state index is -4.88. The lowest BCUT2D eigenvalue weighted by atomic mass is 10.6. The van der Waals surface area contributed by atoms with Crippen LogP contribution in [0.4, 0.5) is 19.1 Å². The molecule has 1 aromatic heterocycles. The van der Waals surface area contributed by atoms with Crippen molar-refractivity contribution in [2.75, 3.05) is 5.32 Å². The molecule has 0 aliphatic carbocycles. The lowest BCUT2D eigenvalue weighted by molar-refractivity contribution is -0.167. The number of imidazole rings is 1. The molecule has 0 saturated heterocycles. The van der Waals surface area contributed by atoms with Crippen LogP contribution in [0.15, 0.2) is 12.4 Å². The third kappa shape index (κ3) is 2.20. The van der Waals surface area contributed by atoms with E-state index < -0.39 is 12.1 Å². The van der Waals surface area contributed by atoms with Gasteiger partial charge in [-0.15, -0.1) is 0 Å². The van der Waals surface area contributed by atoms with Crippen molar-refractivity contribution in [2.45, 2.75) is 6.18 Å². The van der Waals surface area contributed by atoms with Gasteiger partial charge in [-0.25, -0.2) is 4.98 Å². The quantitative estimate of drug-likeness (QED) is 0.720. The second kappa shape index (κ2) is 3.08. The molecule has 1 aromatic rings. The number of rotatable bonds is 1. The number of carbonyl (C=O) groups excluding carboxylic acids is 1. The third-order valence-corrected chi connectivity index (χ3v) is 1.30. The lowest BCUT2D eigenvalue weighted by Crippen LogP contribution is -2.30. The molecular formula is C6H6F3N3O. The number of halogens is 3. The van der Waals surface area contributed by atoms with Crippen LogP contribution in [0.3, 0.4) is 0 Å². The Labute approximate surface area is 71.4 Å². The third-order valence-electron chi connectivity index (χ3n) is 1.30. The first-order valence-electron chi connectivity index (χ1n) is 3.27. The molecule has 7 heteroatoms. The minimum absolute atomic E-state index is 0.137. The van der Waals surface area contributed by atoms with Crippen molar-refractivity contribution in [2.24, 2.45) is 7.05 Å². The van der Waals surface area contributed by atoms with E-state index in [9.17, 15) is 18.0 Å². The molecule has 0 aliphatic rings. The van der Waals surface area contributed by atoms with Crippen molar-refractivity contribution in [1.82, 2.24) is 9.55 Å². The van der Waals surface area contributed by atoms with Crippen molar-refractivity contribution in [1.29, 1.82) is 0 Å². The number of anilines is 1. The van der Waals surface area contributed by atoms with Crippen LogP contribution >= 0.6 is 0 Å². The van der Waals surface area contributed by atoms with Gasteiger partial charge in [0.15, 0.2) is 0 Å². The molecule has 0 saturated carbocycles. The van der Waals surface area contributed by atoms with Gasteiger partial charge in [-0.3, -0.25) is 10.1 Å². The van der Waals surface area contributed by atoms with E-state index in [1.165, 1.54) is 24.0 Å². The first kappa shape index (κ1) is 9.56. The number of carbonyl (C=O) groups is 1. The number of nitrogens with zero attached hydrogens (tertiary/aromatic N) is 2. The number of alkyl halides is 3. The van der Waals surface area contributed by atoms with Crippen molar-refractivity contribution < 1.29 is 18.0 Å². The molecule has 1 heterocycles. The zero-order valence-electron chi connectivity index (χ0n) is 6.59. The van der Waals surface area contributed by atoms with Crippen LogP contribution in [0, 0.1) is 0 Å². The van der Waals surface area contributed by atoms with E-state index >= 15 is 0 Å². The van der Waals surface area contributed by atoms with Crippen LogP contribution < -0.4 is 5.32 Å². The molecule has 0 unspecified atom stereocenters. The second-order valence-electron chi connectivity index (χ2n) is 2.31. The Bertz CT molecular complexity index is 317. The summed E-state index contributed by atoms with van der Waals surface area (Å²) in [6.07, 6.45) is -2.18. The largest absolute Gasteiger partial charge is 0.471 e. The molecule has 0 bridgehead atoms. The minimum Gasteiger partial charge on any atom is -0.320 e. The summed E-state index contributed by atoms with van der Waals surface area (Å²) >= 11 is 0. The molecule has 0 fully saturated rings. The molecule has 1 rings (SSSR count). The van der Waals surface area contributed by atoms with Crippen LogP contribution in [-0.2, 0) is 11.8 Å². The van der Waals surface area contributed by atoms with Crippen LogP contribution in [0.5, 0.6) is 0 Å². The highest BCUT2D eigenvalue weighted by Gasteiger charge is 2.39. The molecule has 4 nitrogen and oxygen atoms in total. The summed E-state index contributed by atoms with van der Waals surface area (Å²) in [6.45, 7) is 0. The normalized spacial score (nSPS) is 11.4. The van der Waals surface area contributed by atoms with E-state index in [1.807, 2.05) is 0 Å². The molecular weight excluding hydrogens is 187 g/mol. The molecule has 13 heavy (non-hydrogen) atoms. The fourth-order valence-electron chi connectivity index (χ4n) is 0.658. The molecule has 1 N–H and O–H groups in total. The van der Waals surface area contributed by atoms with Crippen molar-refractivity contribution in [3.63, 3.8) is 0 Å². The molecule has 72 valence electrons. The monoisotopic (exact) mass is 193 g/mol. The number of hydrogen-bond donors (Lipinski definition) is 1. The van der Waals surface area contributed by atoms with Gasteiger partial charge < -0.3 is 4.57 Å². The highest BCUT2D eigenvalue weighted by Crippen LogP contribution is 2.16. The summed E-state index contributed by atoms with van der Waals surface area (Å²) in [4.78, 5) is 13.9. The first-order valence-corrected chi connectivity index (χ1v) is 3.27. The lowest BCUT2D eigenvalue weighted by Gasteiger charge is -2.06. The van der Waals surface area contributed by atoms with Gasteiger partial charge in [-0.2, -0.15) is 13.2 Å². The van der Waals surface area contributed by atoms with Crippen LogP contribution in [-0.4, -0.2) is 21.6 Å². The summed E-state index contributed by atoms with van der Waals surface area (Å²) in [7, 11) is 1.47. The van der Waals surface area contributed by atoms with E-state index in [0.29, 0.717) is 0 Å². The van der Waals surface area contributed by atoms with Gasteiger partial charge in [0.25, 0.3) is 0 Å². The van der Waals surface area contributed by atoms with Crippen molar-refractivity contribution in [3.05, 3.63) is 12.4 Å². The number of amides is 1. The molecule has 0 radical (unpaired) electrons. The summed E-state index contributed by atoms with van der Waals surface area (Å²) < 4.78 is 36.4. The Morgan fingerprint density at radius 2 is 2.23 bits per heavy atom. The summed E-state index contributed by atoms with van der Waals surface area (Å²) in [5.41, 5.74) is 0. The van der Waals surface area contributed by atoms with E-state index in [-0.39, 0.29) is 5.95 Å². The Morgan fingerprint density at radius 3 is 2.62 bits per heavy atom. The standard InChI is InChI=1S/C6H6F3N3O/c1-12-3-2-10-5(12)11-4(13)6(7,8)9/h2-3H,1H3,(H,10,11,13). The summed E-state index contributed by atoms with van der Waals surface area (Å²) in [5.74, 6) is -2.16. The zero-order valence-corrected chi connectivity index (χ0v) is 6.59. The van der Waals surface area contributed by atoms with Crippen molar-refractivity contribution in [3.8, 4) is 0 Å². The average molecular weight is 193 g/mol. The molecule has 1 amide bonds. The first-order chi connectivity index (χ1) is 5.91. The predicted molar refractivity (Wildman–Crippen MR) is 37.9 cm³/mol. The maximum atomic E-state index is 11.7. The van der Waals surface area contributed by atoms with E-state index in [2.05, 4.69) is 4.98 Å². The predicted octanol–water partition coefficient (Wildman–Crippen LogP) is 0.921. The van der Waals surface area contributed by atoms with E-state index in [0.717, 1.165) is 0 Å². The Balaban J connectivity index is 2.71.